The SMILES string of the molecule is O=C(O)C1CCO[C@H]1C1CCN(C(=O)c2ccc(C(F)(F)F)cn2)CC1. The molecule has 3 rings (SSSR count). The molecular formula is C17H19F3N2O4. The first-order valence-electron chi connectivity index (χ1n) is 8.44. The smallest absolute Gasteiger partial charge is 0.417 e. The zero-order valence-electron chi connectivity index (χ0n) is 13.9. The van der Waals surface area contributed by atoms with Crippen molar-refractivity contribution in [2.45, 2.75) is 31.5 Å². The highest BCUT2D eigenvalue weighted by Gasteiger charge is 2.41. The largest absolute Gasteiger partial charge is 0.481 e. The van der Waals surface area contributed by atoms with Gasteiger partial charge in [-0.3, -0.25) is 14.6 Å². The number of piperidine rings is 1. The van der Waals surface area contributed by atoms with Gasteiger partial charge in [0.2, 0.25) is 0 Å². The number of nitrogens with zero attached hydrogens (tertiary/aromatic N) is 2. The Labute approximate surface area is 148 Å². The van der Waals surface area contributed by atoms with Crippen LogP contribution >= 0.6 is 0 Å². The summed E-state index contributed by atoms with van der Waals surface area (Å²) in [5, 5.41) is 9.25. The van der Waals surface area contributed by atoms with E-state index in [4.69, 9.17) is 4.74 Å². The Balaban J connectivity index is 1.59. The third-order valence-corrected chi connectivity index (χ3v) is 5.05. The second kappa shape index (κ2) is 7.22. The lowest BCUT2D eigenvalue weighted by Crippen LogP contribution is -2.43. The van der Waals surface area contributed by atoms with Crippen molar-refractivity contribution in [1.29, 1.82) is 0 Å². The molecule has 0 radical (unpaired) electrons. The maximum Gasteiger partial charge on any atom is 0.417 e. The molecule has 1 N–H and O–H groups in total. The molecule has 1 amide bonds. The van der Waals surface area contributed by atoms with Crippen molar-refractivity contribution in [2.75, 3.05) is 19.7 Å². The number of rotatable bonds is 3. The van der Waals surface area contributed by atoms with Gasteiger partial charge in [-0.25, -0.2) is 0 Å². The number of alkyl halides is 3. The Morgan fingerprint density at radius 2 is 1.88 bits per heavy atom. The van der Waals surface area contributed by atoms with Gasteiger partial charge in [-0.15, -0.1) is 0 Å². The minimum atomic E-state index is -4.49. The molecule has 0 aromatic carbocycles. The molecule has 9 heteroatoms. The van der Waals surface area contributed by atoms with Gasteiger partial charge < -0.3 is 14.7 Å². The molecule has 2 aliphatic heterocycles. The third kappa shape index (κ3) is 3.82. The predicted octanol–water partition coefficient (Wildman–Crippen LogP) is 2.44. The van der Waals surface area contributed by atoms with Crippen LogP contribution in [0.3, 0.4) is 0 Å². The molecule has 2 aliphatic rings. The normalized spacial score (nSPS) is 24.7. The number of likely N-dealkylation sites (tertiary alicyclic amines) is 1. The first kappa shape index (κ1) is 18.6. The van der Waals surface area contributed by atoms with Crippen LogP contribution in [-0.4, -0.2) is 52.7 Å². The summed E-state index contributed by atoms with van der Waals surface area (Å²) < 4.78 is 43.3. The van der Waals surface area contributed by atoms with Crippen LogP contribution in [0.5, 0.6) is 0 Å². The molecule has 3 heterocycles. The van der Waals surface area contributed by atoms with E-state index in [0.717, 1.165) is 12.1 Å². The average molecular weight is 372 g/mol. The van der Waals surface area contributed by atoms with Crippen molar-refractivity contribution in [3.63, 3.8) is 0 Å². The number of carbonyl (C=O) groups is 2. The molecule has 1 unspecified atom stereocenters. The lowest BCUT2D eigenvalue weighted by Gasteiger charge is -2.35. The maximum atomic E-state index is 12.6. The van der Waals surface area contributed by atoms with E-state index in [-0.39, 0.29) is 17.7 Å². The summed E-state index contributed by atoms with van der Waals surface area (Å²) in [6, 6.07) is 1.93. The number of aromatic nitrogens is 1. The fraction of sp³-hybridized carbons (Fsp3) is 0.588. The van der Waals surface area contributed by atoms with Crippen molar-refractivity contribution in [2.24, 2.45) is 11.8 Å². The number of carbonyl (C=O) groups excluding carboxylic acids is 1. The van der Waals surface area contributed by atoms with Crippen LogP contribution in [0.2, 0.25) is 0 Å². The fourth-order valence-corrected chi connectivity index (χ4v) is 3.62. The summed E-state index contributed by atoms with van der Waals surface area (Å²) in [7, 11) is 0. The predicted molar refractivity (Wildman–Crippen MR) is 83.3 cm³/mol. The minimum absolute atomic E-state index is 0.0306. The zero-order chi connectivity index (χ0) is 18.9. The van der Waals surface area contributed by atoms with E-state index in [2.05, 4.69) is 4.98 Å². The Hall–Kier alpha value is -2.16. The molecule has 1 aromatic rings. The molecule has 0 saturated carbocycles. The summed E-state index contributed by atoms with van der Waals surface area (Å²) in [5.74, 6) is -1.73. The molecular weight excluding hydrogens is 353 g/mol. The van der Waals surface area contributed by atoms with Gasteiger partial charge in [-0.2, -0.15) is 13.2 Å². The monoisotopic (exact) mass is 372 g/mol. The summed E-state index contributed by atoms with van der Waals surface area (Å²) in [5.41, 5.74) is -0.928. The molecule has 0 aliphatic carbocycles. The van der Waals surface area contributed by atoms with Gasteiger partial charge in [-0.05, 0) is 37.3 Å². The van der Waals surface area contributed by atoms with Crippen molar-refractivity contribution in [1.82, 2.24) is 9.88 Å². The standard InChI is InChI=1S/C17H19F3N2O4/c18-17(19,20)11-1-2-13(21-9-11)15(23)22-6-3-10(4-7-22)14-12(16(24)25)5-8-26-14/h1-2,9-10,12,14H,3-8H2,(H,24,25)/t12?,14-/m0/s1. The number of hydrogen-bond acceptors (Lipinski definition) is 4. The lowest BCUT2D eigenvalue weighted by atomic mass is 9.84. The van der Waals surface area contributed by atoms with Gasteiger partial charge in [0, 0.05) is 25.9 Å². The first-order chi connectivity index (χ1) is 12.3. The molecule has 1 aromatic heterocycles. The van der Waals surface area contributed by atoms with Crippen molar-refractivity contribution in [3.05, 3.63) is 29.6 Å². The van der Waals surface area contributed by atoms with Gasteiger partial charge in [0.1, 0.15) is 5.69 Å². The number of carboxylic acid groups (broad SMARTS) is 1. The second-order valence-electron chi connectivity index (χ2n) is 6.63. The summed E-state index contributed by atoms with van der Waals surface area (Å²) >= 11 is 0. The van der Waals surface area contributed by atoms with Crippen molar-refractivity contribution < 1.29 is 32.6 Å². The minimum Gasteiger partial charge on any atom is -0.481 e. The van der Waals surface area contributed by atoms with Gasteiger partial charge in [0.15, 0.2) is 0 Å². The van der Waals surface area contributed by atoms with Gasteiger partial charge in [0.05, 0.1) is 17.6 Å². The van der Waals surface area contributed by atoms with Gasteiger partial charge in [0.25, 0.3) is 5.91 Å². The molecule has 0 spiro atoms. The number of ether oxygens (including phenoxy) is 1. The summed E-state index contributed by atoms with van der Waals surface area (Å²) in [6.45, 7) is 1.23. The van der Waals surface area contributed by atoms with Crippen molar-refractivity contribution >= 4 is 11.9 Å². The van der Waals surface area contributed by atoms with Crippen molar-refractivity contribution in [3.8, 4) is 0 Å². The van der Waals surface area contributed by atoms with Crippen LogP contribution in [0, 0.1) is 11.8 Å². The van der Waals surface area contributed by atoms with E-state index in [1.54, 1.807) is 0 Å². The average Bonchev–Trinajstić information content (AvgIpc) is 3.11. The van der Waals surface area contributed by atoms with E-state index < -0.39 is 29.5 Å². The maximum absolute atomic E-state index is 12.6. The molecule has 2 atom stereocenters. The lowest BCUT2D eigenvalue weighted by molar-refractivity contribution is -0.145. The number of hydrogen-bond donors (Lipinski definition) is 1. The second-order valence-corrected chi connectivity index (χ2v) is 6.63. The first-order valence-corrected chi connectivity index (χ1v) is 8.44. The van der Waals surface area contributed by atoms with Crippen LogP contribution in [0.1, 0.15) is 35.3 Å². The molecule has 0 bridgehead atoms. The van der Waals surface area contributed by atoms with E-state index >= 15 is 0 Å². The fourth-order valence-electron chi connectivity index (χ4n) is 3.62. The number of carboxylic acids is 1. The van der Waals surface area contributed by atoms with Gasteiger partial charge in [-0.1, -0.05) is 0 Å². The third-order valence-electron chi connectivity index (χ3n) is 5.05. The topological polar surface area (TPSA) is 79.7 Å². The van der Waals surface area contributed by atoms with Crippen LogP contribution < -0.4 is 0 Å². The molecule has 2 saturated heterocycles. The molecule has 26 heavy (non-hydrogen) atoms. The Morgan fingerprint density at radius 1 is 1.19 bits per heavy atom. The van der Waals surface area contributed by atoms with E-state index in [1.165, 1.54) is 4.90 Å². The van der Waals surface area contributed by atoms with Crippen LogP contribution in [0.15, 0.2) is 18.3 Å². The van der Waals surface area contributed by atoms with E-state index in [1.807, 2.05) is 0 Å². The number of halogens is 3. The highest BCUT2D eigenvalue weighted by Crippen LogP contribution is 2.33. The molecule has 142 valence electrons. The molecule has 6 nitrogen and oxygen atoms in total. The highest BCUT2D eigenvalue weighted by atomic mass is 19.4. The Kier molecular flexibility index (Phi) is 5.17. The van der Waals surface area contributed by atoms with Crippen LogP contribution in [0.4, 0.5) is 13.2 Å². The quantitative estimate of drug-likeness (QED) is 0.882. The van der Waals surface area contributed by atoms with Crippen LogP contribution in [0.25, 0.3) is 0 Å². The van der Waals surface area contributed by atoms with E-state index in [9.17, 15) is 27.9 Å². The van der Waals surface area contributed by atoms with Gasteiger partial charge >= 0.3 is 12.1 Å². The Morgan fingerprint density at radius 3 is 2.42 bits per heavy atom. The van der Waals surface area contributed by atoms with E-state index in [0.29, 0.717) is 45.2 Å². The highest BCUT2D eigenvalue weighted by molar-refractivity contribution is 5.92. The molecule has 2 fully saturated rings. The number of aliphatic carboxylic acids is 1. The summed E-state index contributed by atoms with van der Waals surface area (Å²) in [6.07, 6.45) is -2.48. The summed E-state index contributed by atoms with van der Waals surface area (Å²) in [4.78, 5) is 28.9. The number of amides is 1. The van der Waals surface area contributed by atoms with Crippen LogP contribution in [-0.2, 0) is 15.7 Å². The Bertz CT molecular complexity index is 670. The number of pyridine rings is 1. The zero-order valence-corrected chi connectivity index (χ0v) is 13.9.